The van der Waals surface area contributed by atoms with Crippen LogP contribution in [0.15, 0.2) is 6.33 Å². The van der Waals surface area contributed by atoms with Gasteiger partial charge in [0.2, 0.25) is 5.91 Å². The van der Waals surface area contributed by atoms with Crippen molar-refractivity contribution in [1.29, 1.82) is 0 Å². The highest BCUT2D eigenvalue weighted by atomic mass is 16.2. The summed E-state index contributed by atoms with van der Waals surface area (Å²) < 4.78 is 1.50. The Hall–Kier alpha value is -1.50. The van der Waals surface area contributed by atoms with Crippen molar-refractivity contribution in [2.24, 2.45) is 0 Å². The van der Waals surface area contributed by atoms with Crippen LogP contribution in [0.4, 0.5) is 0 Å². The summed E-state index contributed by atoms with van der Waals surface area (Å²) in [5.41, 5.74) is 0.0294. The summed E-state index contributed by atoms with van der Waals surface area (Å²) in [6.45, 7) is 2.84. The van der Waals surface area contributed by atoms with Crippen LogP contribution in [0, 0.1) is 0 Å². The van der Waals surface area contributed by atoms with Crippen LogP contribution >= 0.6 is 0 Å². The molecule has 3 rings (SSSR count). The van der Waals surface area contributed by atoms with Gasteiger partial charge in [0.1, 0.15) is 12.9 Å². The fraction of sp³-hybridized carbons (Fsp3) is 0.833. The van der Waals surface area contributed by atoms with E-state index >= 15 is 0 Å². The van der Waals surface area contributed by atoms with Crippen LogP contribution in [-0.2, 0) is 11.3 Å². The minimum absolute atomic E-state index is 0.0294. The number of piperazine rings is 1. The Kier molecular flexibility index (Phi) is 3.46. The van der Waals surface area contributed by atoms with Gasteiger partial charge in [0.25, 0.3) is 0 Å². The van der Waals surface area contributed by atoms with Gasteiger partial charge in [-0.3, -0.25) is 4.79 Å². The topological polar surface area (TPSA) is 75.9 Å². The smallest absolute Gasteiger partial charge is 0.244 e. The zero-order valence-corrected chi connectivity index (χ0v) is 11.1. The minimum Gasteiger partial charge on any atom is -0.333 e. The quantitative estimate of drug-likeness (QED) is 0.801. The lowest BCUT2D eigenvalue weighted by Crippen LogP contribution is -2.64. The lowest BCUT2D eigenvalue weighted by atomic mass is 9.79. The summed E-state index contributed by atoms with van der Waals surface area (Å²) in [5, 5.41) is 14.4. The second-order valence-electron chi connectivity index (χ2n) is 5.51. The van der Waals surface area contributed by atoms with E-state index in [2.05, 4.69) is 25.7 Å². The number of rotatable bonds is 2. The molecule has 0 atom stereocenters. The molecule has 19 heavy (non-hydrogen) atoms. The first-order valence-corrected chi connectivity index (χ1v) is 7.02. The Balaban J connectivity index is 1.74. The second-order valence-corrected chi connectivity index (χ2v) is 5.51. The summed E-state index contributed by atoms with van der Waals surface area (Å²) in [4.78, 5) is 14.6. The summed E-state index contributed by atoms with van der Waals surface area (Å²) in [5.74, 6) is 0.135. The van der Waals surface area contributed by atoms with Crippen LogP contribution in [0.3, 0.4) is 0 Å². The summed E-state index contributed by atoms with van der Waals surface area (Å²) in [7, 11) is 0. The van der Waals surface area contributed by atoms with Crippen molar-refractivity contribution in [2.45, 2.75) is 44.2 Å². The van der Waals surface area contributed by atoms with E-state index in [9.17, 15) is 4.79 Å². The molecule has 0 bridgehead atoms. The van der Waals surface area contributed by atoms with E-state index in [1.165, 1.54) is 30.3 Å². The van der Waals surface area contributed by atoms with Crippen molar-refractivity contribution < 1.29 is 4.79 Å². The minimum atomic E-state index is 0.0294. The first kappa shape index (κ1) is 12.5. The lowest BCUT2D eigenvalue weighted by Gasteiger charge is -2.49. The van der Waals surface area contributed by atoms with Crippen LogP contribution < -0.4 is 5.32 Å². The van der Waals surface area contributed by atoms with Crippen molar-refractivity contribution in [3.05, 3.63) is 6.33 Å². The Morgan fingerprint density at radius 1 is 1.32 bits per heavy atom. The van der Waals surface area contributed by atoms with Crippen molar-refractivity contribution in [3.63, 3.8) is 0 Å². The van der Waals surface area contributed by atoms with Gasteiger partial charge < -0.3 is 10.2 Å². The Bertz CT molecular complexity index is 417. The van der Waals surface area contributed by atoms with Gasteiger partial charge in [-0.25, -0.2) is 4.68 Å². The van der Waals surface area contributed by atoms with Crippen LogP contribution in [0.1, 0.15) is 32.1 Å². The highest BCUT2D eigenvalue weighted by molar-refractivity contribution is 5.77. The molecule has 1 amide bonds. The third-order valence-electron chi connectivity index (χ3n) is 4.31. The first-order chi connectivity index (χ1) is 9.30. The summed E-state index contributed by atoms with van der Waals surface area (Å²) >= 11 is 0. The molecule has 2 fully saturated rings. The number of hydrogen-bond acceptors (Lipinski definition) is 5. The first-order valence-electron chi connectivity index (χ1n) is 7.02. The van der Waals surface area contributed by atoms with E-state index in [-0.39, 0.29) is 18.0 Å². The molecule has 2 heterocycles. The monoisotopic (exact) mass is 264 g/mol. The number of nitrogens with one attached hydrogen (secondary N) is 1. The maximum Gasteiger partial charge on any atom is 0.244 e. The molecule has 104 valence electrons. The van der Waals surface area contributed by atoms with Crippen LogP contribution in [-0.4, -0.2) is 56.2 Å². The van der Waals surface area contributed by atoms with Crippen molar-refractivity contribution in [1.82, 2.24) is 30.4 Å². The highest BCUT2D eigenvalue weighted by Gasteiger charge is 2.42. The molecule has 0 aromatic carbocycles. The SMILES string of the molecule is O=C(Cn1cnnn1)N1CCNCC12CCCCC2. The van der Waals surface area contributed by atoms with Gasteiger partial charge in [0.05, 0.1) is 5.54 Å². The largest absolute Gasteiger partial charge is 0.333 e. The normalized spacial score (nSPS) is 22.6. The third kappa shape index (κ3) is 2.47. The number of nitrogens with zero attached hydrogens (tertiary/aromatic N) is 5. The molecule has 7 heteroatoms. The third-order valence-corrected chi connectivity index (χ3v) is 4.31. The fourth-order valence-electron chi connectivity index (χ4n) is 3.37. The average molecular weight is 264 g/mol. The predicted octanol–water partition coefficient (Wildman–Crippen LogP) is -0.192. The average Bonchev–Trinajstić information content (AvgIpc) is 2.93. The number of hydrogen-bond donors (Lipinski definition) is 1. The molecule has 0 radical (unpaired) electrons. The zero-order valence-electron chi connectivity index (χ0n) is 11.1. The Labute approximate surface area is 112 Å². The molecule has 1 aromatic rings. The number of carbonyl (C=O) groups excluding carboxylic acids is 1. The van der Waals surface area contributed by atoms with Crippen LogP contribution in [0.5, 0.6) is 0 Å². The lowest BCUT2D eigenvalue weighted by molar-refractivity contribution is -0.141. The Morgan fingerprint density at radius 2 is 2.16 bits per heavy atom. The number of aromatic nitrogens is 4. The van der Waals surface area contributed by atoms with Crippen LogP contribution in [0.2, 0.25) is 0 Å². The maximum atomic E-state index is 12.5. The van der Waals surface area contributed by atoms with E-state index in [0.717, 1.165) is 32.5 Å². The van der Waals surface area contributed by atoms with Gasteiger partial charge in [-0.2, -0.15) is 0 Å². The molecule has 1 saturated heterocycles. The van der Waals surface area contributed by atoms with E-state index in [1.807, 2.05) is 0 Å². The summed E-state index contributed by atoms with van der Waals surface area (Å²) in [6.07, 6.45) is 7.44. The van der Waals surface area contributed by atoms with Gasteiger partial charge in [0.15, 0.2) is 0 Å². The molecule has 1 saturated carbocycles. The molecule has 0 unspecified atom stereocenters. The van der Waals surface area contributed by atoms with E-state index in [4.69, 9.17) is 0 Å². The maximum absolute atomic E-state index is 12.5. The van der Waals surface area contributed by atoms with Crippen molar-refractivity contribution in [3.8, 4) is 0 Å². The number of carbonyl (C=O) groups is 1. The number of amides is 1. The van der Waals surface area contributed by atoms with Crippen molar-refractivity contribution >= 4 is 5.91 Å². The second kappa shape index (κ2) is 5.24. The van der Waals surface area contributed by atoms with Gasteiger partial charge in [-0.1, -0.05) is 19.3 Å². The molecule has 7 nitrogen and oxygen atoms in total. The van der Waals surface area contributed by atoms with E-state index in [1.54, 1.807) is 0 Å². The molecule has 1 aliphatic heterocycles. The summed E-state index contributed by atoms with van der Waals surface area (Å²) in [6, 6.07) is 0. The molecular weight excluding hydrogens is 244 g/mol. The number of tetrazole rings is 1. The van der Waals surface area contributed by atoms with Gasteiger partial charge in [-0.15, -0.1) is 5.10 Å². The van der Waals surface area contributed by atoms with Crippen LogP contribution in [0.25, 0.3) is 0 Å². The fourth-order valence-corrected chi connectivity index (χ4v) is 3.37. The van der Waals surface area contributed by atoms with Gasteiger partial charge in [0, 0.05) is 19.6 Å². The standard InChI is InChI=1S/C12H20N6O/c19-11(8-17-10-14-15-16-17)18-7-6-13-9-12(18)4-2-1-3-5-12/h10,13H,1-9H2. The molecule has 1 N–H and O–H groups in total. The van der Waals surface area contributed by atoms with E-state index in [0.29, 0.717) is 0 Å². The van der Waals surface area contributed by atoms with E-state index < -0.39 is 0 Å². The Morgan fingerprint density at radius 3 is 2.89 bits per heavy atom. The molecule has 1 aliphatic carbocycles. The molecule has 1 spiro atoms. The molecular formula is C12H20N6O. The van der Waals surface area contributed by atoms with Gasteiger partial charge in [-0.05, 0) is 23.3 Å². The molecule has 1 aromatic heterocycles. The highest BCUT2D eigenvalue weighted by Crippen LogP contribution is 2.34. The zero-order chi connectivity index (χ0) is 13.1. The van der Waals surface area contributed by atoms with Crippen molar-refractivity contribution in [2.75, 3.05) is 19.6 Å². The molecule has 2 aliphatic rings. The van der Waals surface area contributed by atoms with Gasteiger partial charge >= 0.3 is 0 Å². The predicted molar refractivity (Wildman–Crippen MR) is 68.2 cm³/mol.